The second-order valence-corrected chi connectivity index (χ2v) is 6.70. The lowest BCUT2D eigenvalue weighted by atomic mass is 10.1. The minimum Gasteiger partial charge on any atom is -0.511 e. The fourth-order valence-corrected chi connectivity index (χ4v) is 3.45. The molecule has 2 aromatic heterocycles. The molecule has 9 nitrogen and oxygen atoms in total. The third-order valence-electron chi connectivity index (χ3n) is 4.72. The number of aromatic nitrogens is 2. The first-order valence-corrected chi connectivity index (χ1v) is 8.97. The molecule has 0 saturated carbocycles. The Hall–Kier alpha value is -3.62. The van der Waals surface area contributed by atoms with Crippen molar-refractivity contribution in [1.82, 2.24) is 15.3 Å². The van der Waals surface area contributed by atoms with Crippen molar-refractivity contribution in [1.29, 1.82) is 0 Å². The molecule has 1 atom stereocenters. The van der Waals surface area contributed by atoms with E-state index < -0.39 is 5.91 Å². The highest BCUT2D eigenvalue weighted by Crippen LogP contribution is 2.39. The molecule has 2 aromatic rings. The van der Waals surface area contributed by atoms with Gasteiger partial charge in [0.1, 0.15) is 17.3 Å². The normalized spacial score (nSPS) is 17.9. The van der Waals surface area contributed by atoms with Crippen LogP contribution in [0.4, 0.5) is 22.1 Å². The maximum Gasteiger partial charge on any atom is 0.329 e. The molecule has 0 spiro atoms. The van der Waals surface area contributed by atoms with Crippen LogP contribution in [0.3, 0.4) is 0 Å². The van der Waals surface area contributed by atoms with Crippen molar-refractivity contribution in [2.45, 2.75) is 19.4 Å². The van der Waals surface area contributed by atoms with Gasteiger partial charge in [0, 0.05) is 25.5 Å². The molecule has 4 heterocycles. The second kappa shape index (κ2) is 7.18. The quantitative estimate of drug-likeness (QED) is 0.705. The molecule has 1 fully saturated rings. The fourth-order valence-electron chi connectivity index (χ4n) is 3.45. The molecular weight excluding hydrogens is 360 g/mol. The summed E-state index contributed by atoms with van der Waals surface area (Å²) in [6.07, 6.45) is 3.62. The zero-order valence-corrected chi connectivity index (χ0v) is 15.3. The van der Waals surface area contributed by atoms with Gasteiger partial charge in [-0.05, 0) is 37.6 Å². The van der Waals surface area contributed by atoms with E-state index in [0.29, 0.717) is 11.6 Å². The zero-order valence-electron chi connectivity index (χ0n) is 15.3. The van der Waals surface area contributed by atoms with Gasteiger partial charge >= 0.3 is 6.03 Å². The third-order valence-corrected chi connectivity index (χ3v) is 4.72. The maximum atomic E-state index is 13.0. The summed E-state index contributed by atoms with van der Waals surface area (Å²) >= 11 is 0. The van der Waals surface area contributed by atoms with Crippen molar-refractivity contribution in [2.75, 3.05) is 28.2 Å². The summed E-state index contributed by atoms with van der Waals surface area (Å²) in [5.41, 5.74) is 0.977. The number of fused-ring (bicyclic) bond motifs is 4. The highest BCUT2D eigenvalue weighted by atomic mass is 16.3. The largest absolute Gasteiger partial charge is 0.511 e. The van der Waals surface area contributed by atoms with Gasteiger partial charge in [0.25, 0.3) is 5.91 Å². The molecule has 2 aliphatic heterocycles. The van der Waals surface area contributed by atoms with Crippen molar-refractivity contribution < 1.29 is 14.7 Å². The minimum absolute atomic E-state index is 0.0215. The molecule has 3 amide bonds. The van der Waals surface area contributed by atoms with Gasteiger partial charge in [0.15, 0.2) is 5.82 Å². The van der Waals surface area contributed by atoms with E-state index in [1.165, 1.54) is 13.1 Å². The van der Waals surface area contributed by atoms with E-state index in [9.17, 15) is 14.7 Å². The summed E-state index contributed by atoms with van der Waals surface area (Å²) in [5.74, 6) is 0.410. The number of amides is 3. The molecule has 0 unspecified atom stereocenters. The highest BCUT2D eigenvalue weighted by molar-refractivity contribution is 6.05. The van der Waals surface area contributed by atoms with Crippen molar-refractivity contribution in [3.63, 3.8) is 0 Å². The molecule has 0 aromatic carbocycles. The van der Waals surface area contributed by atoms with Crippen LogP contribution in [-0.2, 0) is 0 Å². The van der Waals surface area contributed by atoms with Gasteiger partial charge in [-0.15, -0.1) is 0 Å². The van der Waals surface area contributed by atoms with Gasteiger partial charge < -0.3 is 15.3 Å². The van der Waals surface area contributed by atoms with Crippen LogP contribution in [0.25, 0.3) is 0 Å². The molecule has 0 radical (unpaired) electrons. The number of aliphatic hydroxyl groups excluding tert-OH is 1. The topological polar surface area (TPSA) is 111 Å². The average Bonchev–Trinajstić information content (AvgIpc) is 3.11. The van der Waals surface area contributed by atoms with Gasteiger partial charge in [-0.25, -0.2) is 14.8 Å². The zero-order chi connectivity index (χ0) is 19.7. The Kier molecular flexibility index (Phi) is 4.56. The molecule has 28 heavy (non-hydrogen) atoms. The monoisotopic (exact) mass is 380 g/mol. The van der Waals surface area contributed by atoms with Gasteiger partial charge in [0.05, 0.1) is 11.7 Å². The Balaban J connectivity index is 1.66. The maximum absolute atomic E-state index is 13.0. The number of allylic oxidation sites excluding steroid dienone is 1. The first-order chi connectivity index (χ1) is 13.5. The van der Waals surface area contributed by atoms with Crippen LogP contribution in [0.1, 0.15) is 23.8 Å². The van der Waals surface area contributed by atoms with Crippen LogP contribution in [-0.4, -0.2) is 46.1 Å². The number of pyridine rings is 2. The summed E-state index contributed by atoms with van der Waals surface area (Å²) in [7, 11) is 0. The van der Waals surface area contributed by atoms with Crippen LogP contribution < -0.4 is 20.4 Å². The standard InChI is InChI=1S/C19H20N6O3/c1-12(26)10-21-18(27)14-5-6-15-17(22-14)25(13-7-9-24(15)11-13)19(28)23-16-4-2-3-8-20-16/h2-6,8,10,13,26H,7,9,11H2,1H3,(H,21,27)(H,20,23,28)/b12-10+/t13-/m0/s1. The van der Waals surface area contributed by atoms with Crippen LogP contribution >= 0.6 is 0 Å². The third kappa shape index (κ3) is 3.34. The van der Waals surface area contributed by atoms with E-state index in [1.54, 1.807) is 41.4 Å². The SMILES string of the molecule is C/C(O)=C\NC(=O)c1ccc2c(n1)N(C(=O)Nc1ccccn1)[C@H]1CCN2C1. The molecule has 0 aliphatic carbocycles. The summed E-state index contributed by atoms with van der Waals surface area (Å²) in [5, 5.41) is 14.5. The lowest BCUT2D eigenvalue weighted by molar-refractivity contribution is 0.0963. The number of hydrogen-bond acceptors (Lipinski definition) is 6. The Morgan fingerprint density at radius 2 is 2.14 bits per heavy atom. The van der Waals surface area contributed by atoms with Gasteiger partial charge in [0.2, 0.25) is 0 Å². The Labute approximate surface area is 161 Å². The fraction of sp³-hybridized carbons (Fsp3) is 0.263. The summed E-state index contributed by atoms with van der Waals surface area (Å²) in [6, 6.07) is 8.34. The number of nitrogens with zero attached hydrogens (tertiary/aromatic N) is 4. The number of anilines is 3. The smallest absolute Gasteiger partial charge is 0.329 e. The number of nitrogens with one attached hydrogen (secondary N) is 2. The van der Waals surface area contributed by atoms with Crippen molar-refractivity contribution in [3.05, 3.63) is 54.2 Å². The molecule has 1 saturated heterocycles. The first kappa shape index (κ1) is 17.8. The number of hydrogen-bond donors (Lipinski definition) is 3. The molecule has 9 heteroatoms. The lowest BCUT2D eigenvalue weighted by Crippen LogP contribution is -2.48. The van der Waals surface area contributed by atoms with Crippen LogP contribution in [0, 0.1) is 0 Å². The Morgan fingerprint density at radius 3 is 2.89 bits per heavy atom. The van der Waals surface area contributed by atoms with Crippen molar-refractivity contribution in [3.8, 4) is 0 Å². The molecule has 144 valence electrons. The Morgan fingerprint density at radius 1 is 1.29 bits per heavy atom. The van der Waals surface area contributed by atoms with E-state index >= 15 is 0 Å². The van der Waals surface area contributed by atoms with Crippen molar-refractivity contribution >= 4 is 29.3 Å². The number of urea groups is 1. The average molecular weight is 380 g/mol. The van der Waals surface area contributed by atoms with Crippen LogP contribution in [0.2, 0.25) is 0 Å². The summed E-state index contributed by atoms with van der Waals surface area (Å²) in [6.45, 7) is 3.00. The lowest BCUT2D eigenvalue weighted by Gasteiger charge is -2.35. The number of rotatable bonds is 3. The van der Waals surface area contributed by atoms with Gasteiger partial charge in [-0.1, -0.05) is 6.07 Å². The van der Waals surface area contributed by atoms with E-state index in [-0.39, 0.29) is 23.5 Å². The van der Waals surface area contributed by atoms with Gasteiger partial charge in [-0.2, -0.15) is 0 Å². The predicted octanol–water partition coefficient (Wildman–Crippen LogP) is 2.26. The number of carbonyl (C=O) groups is 2. The molecule has 2 aliphatic rings. The number of aliphatic hydroxyl groups is 1. The molecule has 4 rings (SSSR count). The van der Waals surface area contributed by atoms with Gasteiger partial charge in [-0.3, -0.25) is 15.0 Å². The Bertz CT molecular complexity index is 942. The summed E-state index contributed by atoms with van der Waals surface area (Å²) in [4.78, 5) is 37.7. The predicted molar refractivity (Wildman–Crippen MR) is 104 cm³/mol. The first-order valence-electron chi connectivity index (χ1n) is 8.97. The van der Waals surface area contributed by atoms with Crippen molar-refractivity contribution in [2.24, 2.45) is 0 Å². The second-order valence-electron chi connectivity index (χ2n) is 6.70. The van der Waals surface area contributed by atoms with E-state index in [0.717, 1.165) is 25.2 Å². The van der Waals surface area contributed by atoms with Crippen LogP contribution in [0.5, 0.6) is 0 Å². The molecule has 3 N–H and O–H groups in total. The highest BCUT2D eigenvalue weighted by Gasteiger charge is 2.40. The van der Waals surface area contributed by atoms with E-state index in [2.05, 4.69) is 25.5 Å². The molecular formula is C19H20N6O3. The van der Waals surface area contributed by atoms with Crippen LogP contribution in [0.15, 0.2) is 48.5 Å². The number of carbonyl (C=O) groups excluding carboxylic acids is 2. The molecule has 2 bridgehead atoms. The minimum atomic E-state index is -0.464. The van der Waals surface area contributed by atoms with E-state index in [4.69, 9.17) is 0 Å². The van der Waals surface area contributed by atoms with E-state index in [1.807, 2.05) is 0 Å². The summed E-state index contributed by atoms with van der Waals surface area (Å²) < 4.78 is 0.